The van der Waals surface area contributed by atoms with Gasteiger partial charge in [-0.05, 0) is 43.2 Å². The molecule has 11 heteroatoms. The van der Waals surface area contributed by atoms with Crippen molar-refractivity contribution in [2.45, 2.75) is 19.1 Å². The Balaban J connectivity index is 1.39. The van der Waals surface area contributed by atoms with Crippen molar-refractivity contribution in [3.8, 4) is 17.4 Å². The van der Waals surface area contributed by atoms with E-state index in [-0.39, 0.29) is 12.3 Å². The van der Waals surface area contributed by atoms with Crippen molar-refractivity contribution in [3.05, 3.63) is 47.7 Å². The summed E-state index contributed by atoms with van der Waals surface area (Å²) in [5.74, 6) is 1.56. The summed E-state index contributed by atoms with van der Waals surface area (Å²) in [7, 11) is 5.05. The number of rotatable bonds is 10. The quantitative estimate of drug-likeness (QED) is 0.379. The van der Waals surface area contributed by atoms with Crippen LogP contribution in [0.2, 0.25) is 5.02 Å². The van der Waals surface area contributed by atoms with Crippen LogP contribution in [-0.4, -0.2) is 86.1 Å². The molecule has 1 N–H and O–H groups in total. The molecule has 1 aliphatic rings. The maximum absolute atomic E-state index is 11.9. The zero-order valence-electron chi connectivity index (χ0n) is 21.3. The van der Waals surface area contributed by atoms with Crippen LogP contribution in [0.25, 0.3) is 10.9 Å². The molecule has 0 bridgehead atoms. The van der Waals surface area contributed by atoms with Gasteiger partial charge in [-0.25, -0.2) is 14.8 Å². The van der Waals surface area contributed by atoms with E-state index in [1.807, 2.05) is 18.2 Å². The molecule has 3 aromatic rings. The van der Waals surface area contributed by atoms with Crippen LogP contribution in [-0.2, 0) is 9.47 Å². The second kappa shape index (κ2) is 12.9. The maximum Gasteiger partial charge on any atom is 0.321 e. The fourth-order valence-electron chi connectivity index (χ4n) is 3.95. The first-order valence-electron chi connectivity index (χ1n) is 12.1. The minimum absolute atomic E-state index is 0.0620. The molecule has 0 aliphatic carbocycles. The molecule has 198 valence electrons. The zero-order chi connectivity index (χ0) is 26.2. The van der Waals surface area contributed by atoms with E-state index in [1.54, 1.807) is 39.4 Å². The van der Waals surface area contributed by atoms with Crippen molar-refractivity contribution in [2.75, 3.05) is 59.4 Å². The van der Waals surface area contributed by atoms with Crippen molar-refractivity contribution in [2.24, 2.45) is 0 Å². The number of methoxy groups -OCH3 is 1. The number of hydrogen-bond donors (Lipinski definition) is 1. The van der Waals surface area contributed by atoms with Crippen molar-refractivity contribution in [3.63, 3.8) is 0 Å². The minimum atomic E-state index is -0.274. The number of anilines is 1. The van der Waals surface area contributed by atoms with Gasteiger partial charge in [-0.1, -0.05) is 11.6 Å². The van der Waals surface area contributed by atoms with Crippen LogP contribution in [0.5, 0.6) is 17.4 Å². The Morgan fingerprint density at radius 2 is 1.95 bits per heavy atom. The molecule has 1 aliphatic heterocycles. The SMILES string of the molecule is COC(CCCOc1ccc2ncnc(Oc3ccc(NC(=O)N(C)C)c(Cl)c3)c2c1)N1CCOCC1. The van der Waals surface area contributed by atoms with Gasteiger partial charge in [-0.15, -0.1) is 0 Å². The van der Waals surface area contributed by atoms with Gasteiger partial charge in [0.1, 0.15) is 24.1 Å². The van der Waals surface area contributed by atoms with Crippen LogP contribution in [0, 0.1) is 0 Å². The molecule has 37 heavy (non-hydrogen) atoms. The summed E-state index contributed by atoms with van der Waals surface area (Å²) < 4.78 is 23.1. The molecule has 0 spiro atoms. The van der Waals surface area contributed by atoms with Gasteiger partial charge in [-0.2, -0.15) is 0 Å². The highest BCUT2D eigenvalue weighted by Crippen LogP contribution is 2.33. The third kappa shape index (κ3) is 7.20. The number of nitrogens with one attached hydrogen (secondary N) is 1. The van der Waals surface area contributed by atoms with E-state index in [1.165, 1.54) is 11.2 Å². The van der Waals surface area contributed by atoms with E-state index < -0.39 is 0 Å². The maximum atomic E-state index is 11.9. The highest BCUT2D eigenvalue weighted by molar-refractivity contribution is 6.33. The van der Waals surface area contributed by atoms with Crippen LogP contribution in [0.15, 0.2) is 42.7 Å². The highest BCUT2D eigenvalue weighted by atomic mass is 35.5. The van der Waals surface area contributed by atoms with Gasteiger partial charge < -0.3 is 29.2 Å². The molecule has 1 unspecified atom stereocenters. The number of nitrogens with zero attached hydrogens (tertiary/aromatic N) is 4. The molecule has 1 fully saturated rings. The Bertz CT molecular complexity index is 1210. The van der Waals surface area contributed by atoms with Gasteiger partial charge in [0.15, 0.2) is 0 Å². The molecule has 2 heterocycles. The number of carbonyl (C=O) groups excluding carboxylic acids is 1. The fraction of sp³-hybridized carbons (Fsp3) is 0.423. The van der Waals surface area contributed by atoms with Crippen LogP contribution in [0.4, 0.5) is 10.5 Å². The van der Waals surface area contributed by atoms with Crippen LogP contribution < -0.4 is 14.8 Å². The molecule has 2 amide bonds. The molecule has 1 saturated heterocycles. The van der Waals surface area contributed by atoms with E-state index in [9.17, 15) is 4.79 Å². The van der Waals surface area contributed by atoms with E-state index in [0.717, 1.165) is 44.7 Å². The fourth-order valence-corrected chi connectivity index (χ4v) is 4.16. The normalized spacial score (nSPS) is 14.8. The van der Waals surface area contributed by atoms with Gasteiger partial charge >= 0.3 is 6.03 Å². The van der Waals surface area contributed by atoms with Crippen LogP contribution >= 0.6 is 11.6 Å². The monoisotopic (exact) mass is 529 g/mol. The van der Waals surface area contributed by atoms with Gasteiger partial charge in [0.2, 0.25) is 5.88 Å². The number of urea groups is 1. The topological polar surface area (TPSA) is 98.3 Å². The summed E-state index contributed by atoms with van der Waals surface area (Å²) in [4.78, 5) is 24.3. The van der Waals surface area contributed by atoms with Gasteiger partial charge in [-0.3, -0.25) is 4.90 Å². The number of amides is 2. The molecular formula is C26H32ClN5O5. The number of carbonyl (C=O) groups is 1. The van der Waals surface area contributed by atoms with Crippen molar-refractivity contribution >= 4 is 34.2 Å². The average Bonchev–Trinajstić information content (AvgIpc) is 2.91. The largest absolute Gasteiger partial charge is 0.494 e. The Labute approximate surface area is 221 Å². The molecule has 0 radical (unpaired) electrons. The third-order valence-electron chi connectivity index (χ3n) is 5.96. The summed E-state index contributed by atoms with van der Waals surface area (Å²) in [5, 5.41) is 3.79. The lowest BCUT2D eigenvalue weighted by Gasteiger charge is -2.33. The lowest BCUT2D eigenvalue weighted by molar-refractivity contribution is -0.0833. The predicted molar refractivity (Wildman–Crippen MR) is 142 cm³/mol. The highest BCUT2D eigenvalue weighted by Gasteiger charge is 2.20. The Kier molecular flexibility index (Phi) is 9.34. The number of hydrogen-bond acceptors (Lipinski definition) is 8. The van der Waals surface area contributed by atoms with Crippen molar-refractivity contribution < 1.29 is 23.7 Å². The number of fused-ring (bicyclic) bond motifs is 1. The van der Waals surface area contributed by atoms with Gasteiger partial charge in [0, 0.05) is 40.4 Å². The number of morpholine rings is 1. The van der Waals surface area contributed by atoms with Gasteiger partial charge in [0.25, 0.3) is 0 Å². The summed E-state index contributed by atoms with van der Waals surface area (Å²) in [6.45, 7) is 3.79. The van der Waals surface area contributed by atoms with E-state index in [4.69, 9.17) is 30.5 Å². The van der Waals surface area contributed by atoms with Crippen LogP contribution in [0.3, 0.4) is 0 Å². The molecule has 10 nitrogen and oxygen atoms in total. The summed E-state index contributed by atoms with van der Waals surface area (Å²) >= 11 is 6.36. The van der Waals surface area contributed by atoms with Crippen LogP contribution in [0.1, 0.15) is 12.8 Å². The Morgan fingerprint density at radius 1 is 1.16 bits per heavy atom. The molecular weight excluding hydrogens is 498 g/mol. The standard InChI is InChI=1S/C26H32ClN5O5/c1-31(2)26(33)30-23-9-7-19(16-21(23)27)37-25-20-15-18(6-8-22(20)28-17-29-25)36-12-4-5-24(34-3)32-10-13-35-14-11-32/h6-9,15-17,24H,4-5,10-14H2,1-3H3,(H,30,33). The second-order valence-electron chi connectivity index (χ2n) is 8.76. The molecule has 2 aromatic carbocycles. The second-order valence-corrected chi connectivity index (χ2v) is 9.16. The first kappa shape index (κ1) is 26.9. The Hall–Kier alpha value is -3.18. The first-order valence-corrected chi connectivity index (χ1v) is 12.5. The predicted octanol–water partition coefficient (Wildman–Crippen LogP) is 4.63. The Morgan fingerprint density at radius 3 is 2.68 bits per heavy atom. The average molecular weight is 530 g/mol. The smallest absolute Gasteiger partial charge is 0.321 e. The minimum Gasteiger partial charge on any atom is -0.494 e. The summed E-state index contributed by atoms with van der Waals surface area (Å²) in [6.07, 6.45) is 3.22. The number of halogens is 1. The molecule has 1 atom stereocenters. The van der Waals surface area contributed by atoms with Gasteiger partial charge in [0.05, 0.1) is 41.4 Å². The molecule has 4 rings (SSSR count). The number of ether oxygens (including phenoxy) is 4. The van der Waals surface area contributed by atoms with E-state index in [0.29, 0.717) is 40.1 Å². The first-order chi connectivity index (χ1) is 17.9. The third-order valence-corrected chi connectivity index (χ3v) is 6.27. The zero-order valence-corrected chi connectivity index (χ0v) is 22.0. The lowest BCUT2D eigenvalue weighted by atomic mass is 10.2. The molecule has 0 saturated carbocycles. The lowest BCUT2D eigenvalue weighted by Crippen LogP contribution is -2.44. The number of benzene rings is 2. The van der Waals surface area contributed by atoms with Crippen molar-refractivity contribution in [1.29, 1.82) is 0 Å². The van der Waals surface area contributed by atoms with E-state index in [2.05, 4.69) is 20.2 Å². The number of aromatic nitrogens is 2. The van der Waals surface area contributed by atoms with Crippen molar-refractivity contribution in [1.82, 2.24) is 19.8 Å². The molecule has 1 aromatic heterocycles. The summed E-state index contributed by atoms with van der Waals surface area (Å²) in [6, 6.07) is 10.4. The van der Waals surface area contributed by atoms with E-state index >= 15 is 0 Å². The summed E-state index contributed by atoms with van der Waals surface area (Å²) in [5.41, 5.74) is 1.21.